The maximum absolute atomic E-state index is 13.7. The average molecular weight is 300 g/mol. The molecule has 0 spiro atoms. The topological polar surface area (TPSA) is 86.7 Å². The third-order valence-electron chi connectivity index (χ3n) is 3.23. The van der Waals surface area contributed by atoms with Crippen LogP contribution in [-0.4, -0.2) is 27.8 Å². The summed E-state index contributed by atoms with van der Waals surface area (Å²) in [7, 11) is 0. The Morgan fingerprint density at radius 1 is 1.05 bits per heavy atom. The number of imide groups is 1. The van der Waals surface area contributed by atoms with Crippen molar-refractivity contribution >= 4 is 17.7 Å². The van der Waals surface area contributed by atoms with Crippen LogP contribution < -0.4 is 5.43 Å². The van der Waals surface area contributed by atoms with E-state index in [2.05, 4.69) is 5.43 Å². The highest BCUT2D eigenvalue weighted by Gasteiger charge is 2.39. The first kappa shape index (κ1) is 13.7. The molecule has 0 atom stereocenters. The fourth-order valence-electron chi connectivity index (χ4n) is 2.17. The van der Waals surface area contributed by atoms with Crippen LogP contribution >= 0.6 is 0 Å². The van der Waals surface area contributed by atoms with E-state index in [4.69, 9.17) is 0 Å². The van der Waals surface area contributed by atoms with E-state index >= 15 is 0 Å². The standard InChI is InChI=1S/C15H9FN2O4/c16-10-6-3-5-9-12(10)15(22)18(14(9)21)17-13(20)8-4-1-2-7-11(8)19/h1-7,19H,(H,17,20). The first-order valence-corrected chi connectivity index (χ1v) is 6.27. The lowest BCUT2D eigenvalue weighted by Crippen LogP contribution is -2.45. The number of nitrogens with zero attached hydrogens (tertiary/aromatic N) is 1. The van der Waals surface area contributed by atoms with Crippen LogP contribution in [-0.2, 0) is 0 Å². The fraction of sp³-hybridized carbons (Fsp3) is 0. The van der Waals surface area contributed by atoms with Gasteiger partial charge in [0, 0.05) is 0 Å². The van der Waals surface area contributed by atoms with Crippen molar-refractivity contribution in [2.75, 3.05) is 0 Å². The molecule has 110 valence electrons. The minimum absolute atomic E-state index is 0.112. The molecular formula is C15H9FN2O4. The quantitative estimate of drug-likeness (QED) is 0.822. The lowest BCUT2D eigenvalue weighted by Gasteiger charge is -2.15. The number of phenols is 1. The molecule has 1 aliphatic heterocycles. The van der Waals surface area contributed by atoms with E-state index in [1.807, 2.05) is 0 Å². The van der Waals surface area contributed by atoms with Gasteiger partial charge in [0.15, 0.2) is 0 Å². The lowest BCUT2D eigenvalue weighted by molar-refractivity contribution is 0.0516. The zero-order valence-electron chi connectivity index (χ0n) is 11.0. The number of hydrogen-bond donors (Lipinski definition) is 2. The summed E-state index contributed by atoms with van der Waals surface area (Å²) in [6.07, 6.45) is 0. The molecule has 0 fully saturated rings. The lowest BCUT2D eigenvalue weighted by atomic mass is 10.1. The largest absolute Gasteiger partial charge is 0.507 e. The molecule has 0 bridgehead atoms. The summed E-state index contributed by atoms with van der Waals surface area (Å²) in [5.74, 6) is -3.78. The monoisotopic (exact) mass is 300 g/mol. The maximum Gasteiger partial charge on any atom is 0.283 e. The third-order valence-corrected chi connectivity index (χ3v) is 3.23. The van der Waals surface area contributed by atoms with Gasteiger partial charge in [-0.3, -0.25) is 19.8 Å². The van der Waals surface area contributed by atoms with Gasteiger partial charge in [0.05, 0.1) is 16.7 Å². The van der Waals surface area contributed by atoms with Crippen molar-refractivity contribution < 1.29 is 23.9 Å². The van der Waals surface area contributed by atoms with Crippen molar-refractivity contribution in [3.05, 3.63) is 65.0 Å². The number of carbonyl (C=O) groups is 3. The van der Waals surface area contributed by atoms with Crippen LogP contribution in [0.4, 0.5) is 4.39 Å². The van der Waals surface area contributed by atoms with E-state index in [1.165, 1.54) is 36.4 Å². The van der Waals surface area contributed by atoms with Gasteiger partial charge in [-0.15, -0.1) is 0 Å². The number of benzene rings is 2. The summed E-state index contributed by atoms with van der Waals surface area (Å²) in [5.41, 5.74) is 1.46. The Balaban J connectivity index is 1.91. The fourth-order valence-corrected chi connectivity index (χ4v) is 2.17. The van der Waals surface area contributed by atoms with Crippen LogP contribution in [0.15, 0.2) is 42.5 Å². The molecular weight excluding hydrogens is 291 g/mol. The van der Waals surface area contributed by atoms with E-state index in [1.54, 1.807) is 0 Å². The van der Waals surface area contributed by atoms with Crippen LogP contribution in [0.2, 0.25) is 0 Å². The Labute approximate surface area is 123 Å². The van der Waals surface area contributed by atoms with Gasteiger partial charge in [-0.2, -0.15) is 5.01 Å². The Morgan fingerprint density at radius 2 is 1.77 bits per heavy atom. The number of halogens is 1. The second kappa shape index (κ2) is 4.96. The van der Waals surface area contributed by atoms with Gasteiger partial charge < -0.3 is 5.11 Å². The summed E-state index contributed by atoms with van der Waals surface area (Å²) in [5, 5.41) is 10.0. The van der Waals surface area contributed by atoms with E-state index in [-0.39, 0.29) is 22.4 Å². The van der Waals surface area contributed by atoms with Crippen LogP contribution in [0, 0.1) is 5.82 Å². The molecule has 0 saturated carbocycles. The molecule has 0 radical (unpaired) electrons. The Bertz CT molecular complexity index is 819. The van der Waals surface area contributed by atoms with E-state index in [0.29, 0.717) is 5.01 Å². The SMILES string of the molecule is O=C(NN1C(=O)c2cccc(F)c2C1=O)c1ccccc1O. The molecule has 0 unspecified atom stereocenters. The third kappa shape index (κ3) is 1.99. The Morgan fingerprint density at radius 3 is 2.45 bits per heavy atom. The average Bonchev–Trinajstić information content (AvgIpc) is 2.74. The van der Waals surface area contributed by atoms with Crippen molar-refractivity contribution in [3.63, 3.8) is 0 Å². The van der Waals surface area contributed by atoms with Crippen LogP contribution in [0.5, 0.6) is 5.75 Å². The van der Waals surface area contributed by atoms with Crippen LogP contribution in [0.3, 0.4) is 0 Å². The molecule has 1 heterocycles. The summed E-state index contributed by atoms with van der Waals surface area (Å²) < 4.78 is 13.7. The number of para-hydroxylation sites is 1. The van der Waals surface area contributed by atoms with Gasteiger partial charge in [0.25, 0.3) is 17.7 Å². The maximum atomic E-state index is 13.7. The van der Waals surface area contributed by atoms with Crippen molar-refractivity contribution in [1.29, 1.82) is 0 Å². The van der Waals surface area contributed by atoms with Gasteiger partial charge in [-0.25, -0.2) is 4.39 Å². The Hall–Kier alpha value is -3.22. The van der Waals surface area contributed by atoms with Crippen LogP contribution in [0.25, 0.3) is 0 Å². The molecule has 2 aromatic carbocycles. The number of aromatic hydroxyl groups is 1. The van der Waals surface area contributed by atoms with Crippen molar-refractivity contribution in [3.8, 4) is 5.75 Å². The zero-order valence-corrected chi connectivity index (χ0v) is 11.0. The number of fused-ring (bicyclic) bond motifs is 1. The van der Waals surface area contributed by atoms with Crippen molar-refractivity contribution in [1.82, 2.24) is 10.4 Å². The molecule has 6 nitrogen and oxygen atoms in total. The predicted octanol–water partition coefficient (Wildman–Crippen LogP) is 1.47. The van der Waals surface area contributed by atoms with Gasteiger partial charge in [0.2, 0.25) is 0 Å². The molecule has 3 amide bonds. The zero-order chi connectivity index (χ0) is 15.9. The van der Waals surface area contributed by atoms with Crippen molar-refractivity contribution in [2.24, 2.45) is 0 Å². The van der Waals surface area contributed by atoms with Gasteiger partial charge >= 0.3 is 0 Å². The molecule has 0 aromatic heterocycles. The molecule has 2 aromatic rings. The van der Waals surface area contributed by atoms with Gasteiger partial charge in [0.1, 0.15) is 11.6 Å². The highest BCUT2D eigenvalue weighted by molar-refractivity contribution is 6.22. The van der Waals surface area contributed by atoms with Crippen LogP contribution in [0.1, 0.15) is 31.1 Å². The summed E-state index contributed by atoms with van der Waals surface area (Å²) >= 11 is 0. The molecule has 3 rings (SSSR count). The van der Waals surface area contributed by atoms with E-state index in [0.717, 1.165) is 6.07 Å². The van der Waals surface area contributed by atoms with Crippen molar-refractivity contribution in [2.45, 2.75) is 0 Å². The molecule has 2 N–H and O–H groups in total. The molecule has 22 heavy (non-hydrogen) atoms. The smallest absolute Gasteiger partial charge is 0.283 e. The number of carbonyl (C=O) groups excluding carboxylic acids is 3. The predicted molar refractivity (Wildman–Crippen MR) is 72.5 cm³/mol. The highest BCUT2D eigenvalue weighted by atomic mass is 19.1. The normalized spacial score (nSPS) is 13.2. The summed E-state index contributed by atoms with van der Waals surface area (Å²) in [4.78, 5) is 36.2. The number of amides is 3. The summed E-state index contributed by atoms with van der Waals surface area (Å²) in [6, 6.07) is 9.29. The number of hydrogen-bond acceptors (Lipinski definition) is 4. The molecule has 7 heteroatoms. The second-order valence-electron chi connectivity index (χ2n) is 4.57. The molecule has 0 aliphatic carbocycles. The van der Waals surface area contributed by atoms with Gasteiger partial charge in [-0.05, 0) is 24.3 Å². The van der Waals surface area contributed by atoms with E-state index in [9.17, 15) is 23.9 Å². The number of rotatable bonds is 2. The minimum Gasteiger partial charge on any atom is -0.507 e. The minimum atomic E-state index is -0.957. The number of phenolic OH excluding ortho intramolecular Hbond substituents is 1. The second-order valence-corrected chi connectivity index (χ2v) is 4.57. The number of hydrazine groups is 1. The molecule has 0 saturated heterocycles. The summed E-state index contributed by atoms with van der Waals surface area (Å²) in [6.45, 7) is 0. The Kier molecular flexibility index (Phi) is 3.10. The van der Waals surface area contributed by atoms with Gasteiger partial charge in [-0.1, -0.05) is 18.2 Å². The molecule has 1 aliphatic rings. The first-order chi connectivity index (χ1) is 10.5. The first-order valence-electron chi connectivity index (χ1n) is 6.27. The van der Waals surface area contributed by atoms with E-state index < -0.39 is 23.5 Å². The highest BCUT2D eigenvalue weighted by Crippen LogP contribution is 2.24. The number of nitrogens with one attached hydrogen (secondary N) is 1.